The van der Waals surface area contributed by atoms with Crippen LogP contribution in [0.25, 0.3) is 11.0 Å². The highest BCUT2D eigenvalue weighted by Gasteiger charge is 2.22. The van der Waals surface area contributed by atoms with Crippen molar-refractivity contribution in [2.75, 3.05) is 19.5 Å². The second-order valence-corrected chi connectivity index (χ2v) is 8.72. The molecule has 1 amide bonds. The highest BCUT2D eigenvalue weighted by Crippen LogP contribution is 2.34. The summed E-state index contributed by atoms with van der Waals surface area (Å²) in [5.41, 5.74) is 2.02. The Morgan fingerprint density at radius 1 is 1.05 bits per heavy atom. The molecule has 4 aromatic rings. The number of ether oxygens (including phenoxy) is 3. The first-order chi connectivity index (χ1) is 17.6. The van der Waals surface area contributed by atoms with Crippen LogP contribution in [0.1, 0.15) is 47.1 Å². The van der Waals surface area contributed by atoms with E-state index < -0.39 is 11.7 Å². The molecule has 0 aliphatic heterocycles. The Hall–Kier alpha value is -4.47. The summed E-state index contributed by atoms with van der Waals surface area (Å²) in [6.07, 6.45) is 1.53. The smallest absolute Gasteiger partial charge is 0.261 e. The normalized spacial score (nSPS) is 11.0. The van der Waals surface area contributed by atoms with Crippen LogP contribution in [-0.2, 0) is 0 Å². The van der Waals surface area contributed by atoms with E-state index >= 15 is 0 Å². The Balaban J connectivity index is 1.62. The van der Waals surface area contributed by atoms with Crippen LogP contribution in [0.4, 0.5) is 10.1 Å². The molecule has 2 N–H and O–H groups in total. The van der Waals surface area contributed by atoms with Crippen LogP contribution in [0.5, 0.6) is 23.1 Å². The minimum absolute atomic E-state index is 0.0484. The largest absolute Gasteiger partial charge is 0.491 e. The summed E-state index contributed by atoms with van der Waals surface area (Å²) < 4.78 is 31.4. The summed E-state index contributed by atoms with van der Waals surface area (Å²) in [4.78, 5) is 37.7. The molecule has 0 unspecified atom stereocenters. The van der Waals surface area contributed by atoms with Gasteiger partial charge in [0.1, 0.15) is 22.6 Å². The minimum Gasteiger partial charge on any atom is -0.491 e. The van der Waals surface area contributed by atoms with Crippen molar-refractivity contribution in [3.05, 3.63) is 75.1 Å². The molecule has 0 atom stereocenters. The second-order valence-electron chi connectivity index (χ2n) is 8.72. The fourth-order valence-corrected chi connectivity index (χ4v) is 4.21. The molecule has 0 spiro atoms. The number of nitrogens with zero attached hydrogens (tertiary/aromatic N) is 2. The fourth-order valence-electron chi connectivity index (χ4n) is 4.21. The van der Waals surface area contributed by atoms with Crippen molar-refractivity contribution < 1.29 is 23.4 Å². The van der Waals surface area contributed by atoms with Gasteiger partial charge in [-0.15, -0.1) is 0 Å². The Kier molecular flexibility index (Phi) is 7.10. The highest BCUT2D eigenvalue weighted by molar-refractivity contribution is 6.05. The van der Waals surface area contributed by atoms with E-state index in [1.54, 1.807) is 26.0 Å². The lowest BCUT2D eigenvalue weighted by Crippen LogP contribution is -2.28. The molecular weight excluding hydrogens is 479 g/mol. The van der Waals surface area contributed by atoms with Gasteiger partial charge in [0.15, 0.2) is 16.9 Å². The SMILES string of the molecule is COc1cc2nccc(Oc3ccc(NC(=O)c4c(C)[nH]c(C)c(C(C)C)c4=O)c(F)c3)c2nc1OC. The average Bonchev–Trinajstić information content (AvgIpc) is 2.84. The molecule has 3 aromatic heterocycles. The van der Waals surface area contributed by atoms with E-state index in [0.29, 0.717) is 39.5 Å². The summed E-state index contributed by atoms with van der Waals surface area (Å²) in [5.74, 6) is -0.353. The number of H-pyrrole nitrogens is 1. The van der Waals surface area contributed by atoms with Crippen molar-refractivity contribution in [2.24, 2.45) is 0 Å². The van der Waals surface area contributed by atoms with Crippen molar-refractivity contribution in [3.8, 4) is 23.1 Å². The number of benzene rings is 1. The molecule has 10 heteroatoms. The van der Waals surface area contributed by atoms with Gasteiger partial charge in [-0.3, -0.25) is 14.6 Å². The Bertz CT molecular complexity index is 1570. The Labute approximate surface area is 212 Å². The molecule has 9 nitrogen and oxygen atoms in total. The molecule has 0 saturated heterocycles. The minimum atomic E-state index is -0.735. The number of carbonyl (C=O) groups excluding carboxylic acids is 1. The second kappa shape index (κ2) is 10.3. The van der Waals surface area contributed by atoms with E-state index in [-0.39, 0.29) is 34.2 Å². The number of fused-ring (bicyclic) bond motifs is 1. The first kappa shape index (κ1) is 25.6. The zero-order valence-electron chi connectivity index (χ0n) is 21.4. The molecule has 4 rings (SSSR count). The zero-order chi connectivity index (χ0) is 26.9. The third-order valence-electron chi connectivity index (χ3n) is 5.87. The molecule has 192 valence electrons. The highest BCUT2D eigenvalue weighted by atomic mass is 19.1. The third kappa shape index (κ3) is 4.95. The number of aromatic amines is 1. The number of halogens is 1. The van der Waals surface area contributed by atoms with Gasteiger partial charge in [-0.25, -0.2) is 9.37 Å². The van der Waals surface area contributed by atoms with Crippen LogP contribution in [-0.4, -0.2) is 35.1 Å². The van der Waals surface area contributed by atoms with Gasteiger partial charge in [0, 0.05) is 41.3 Å². The molecule has 3 heterocycles. The van der Waals surface area contributed by atoms with Crippen LogP contribution in [0.15, 0.2) is 41.3 Å². The zero-order valence-corrected chi connectivity index (χ0v) is 21.4. The van der Waals surface area contributed by atoms with Crippen LogP contribution in [0.3, 0.4) is 0 Å². The monoisotopic (exact) mass is 506 g/mol. The average molecular weight is 507 g/mol. The molecule has 0 aliphatic rings. The summed E-state index contributed by atoms with van der Waals surface area (Å²) in [7, 11) is 2.96. The van der Waals surface area contributed by atoms with Crippen molar-refractivity contribution in [1.29, 1.82) is 0 Å². The lowest BCUT2D eigenvalue weighted by molar-refractivity contribution is 0.102. The number of hydrogen-bond donors (Lipinski definition) is 2. The standard InChI is InChI=1S/C27H27FN4O5/c1-13(2)22-14(3)30-15(4)23(25(22)33)26(34)31-18-8-7-16(11-17(18)28)37-20-9-10-29-19-12-21(35-5)27(36-6)32-24(19)20/h7-13H,1-6H3,(H,30,33)(H,31,34). The molecule has 0 radical (unpaired) electrons. The van der Waals surface area contributed by atoms with Crippen LogP contribution < -0.4 is 25.0 Å². The quantitative estimate of drug-likeness (QED) is 0.351. The van der Waals surface area contributed by atoms with Crippen LogP contribution >= 0.6 is 0 Å². The van der Waals surface area contributed by atoms with Gasteiger partial charge in [0.05, 0.1) is 25.4 Å². The fraction of sp³-hybridized carbons (Fsp3) is 0.259. The maximum atomic E-state index is 15.0. The number of anilines is 1. The van der Waals surface area contributed by atoms with Crippen molar-refractivity contribution in [1.82, 2.24) is 15.0 Å². The van der Waals surface area contributed by atoms with E-state index in [4.69, 9.17) is 14.2 Å². The number of carbonyl (C=O) groups is 1. The van der Waals surface area contributed by atoms with Gasteiger partial charge in [-0.1, -0.05) is 13.8 Å². The number of nitrogens with one attached hydrogen (secondary N) is 2. The molecule has 1 aromatic carbocycles. The first-order valence-corrected chi connectivity index (χ1v) is 11.5. The van der Waals surface area contributed by atoms with Gasteiger partial charge >= 0.3 is 0 Å². The predicted molar refractivity (Wildman–Crippen MR) is 138 cm³/mol. The van der Waals surface area contributed by atoms with E-state index in [1.165, 1.54) is 32.5 Å². The van der Waals surface area contributed by atoms with Gasteiger partial charge in [0.2, 0.25) is 0 Å². The summed E-state index contributed by atoms with van der Waals surface area (Å²) in [5, 5.41) is 2.50. The molecule has 0 saturated carbocycles. The van der Waals surface area contributed by atoms with Crippen molar-refractivity contribution in [3.63, 3.8) is 0 Å². The summed E-state index contributed by atoms with van der Waals surface area (Å²) in [6.45, 7) is 7.18. The molecular formula is C27H27FN4O5. The maximum absolute atomic E-state index is 15.0. The van der Waals surface area contributed by atoms with E-state index in [2.05, 4.69) is 20.3 Å². The van der Waals surface area contributed by atoms with Crippen molar-refractivity contribution >= 4 is 22.6 Å². The molecule has 0 bridgehead atoms. The summed E-state index contributed by atoms with van der Waals surface area (Å²) in [6, 6.07) is 7.25. The molecule has 37 heavy (non-hydrogen) atoms. The Morgan fingerprint density at radius 2 is 1.81 bits per heavy atom. The third-order valence-corrected chi connectivity index (χ3v) is 5.87. The van der Waals surface area contributed by atoms with Gasteiger partial charge in [-0.05, 0) is 31.9 Å². The number of amides is 1. The van der Waals surface area contributed by atoms with Crippen molar-refractivity contribution in [2.45, 2.75) is 33.6 Å². The van der Waals surface area contributed by atoms with Crippen LogP contribution in [0.2, 0.25) is 0 Å². The Morgan fingerprint density at radius 3 is 2.46 bits per heavy atom. The first-order valence-electron chi connectivity index (χ1n) is 11.5. The lowest BCUT2D eigenvalue weighted by Gasteiger charge is -2.15. The number of hydrogen-bond acceptors (Lipinski definition) is 7. The number of pyridine rings is 3. The number of aryl methyl sites for hydroxylation is 2. The van der Waals surface area contributed by atoms with Gasteiger partial charge in [-0.2, -0.15) is 0 Å². The van der Waals surface area contributed by atoms with Crippen LogP contribution in [0, 0.1) is 19.7 Å². The maximum Gasteiger partial charge on any atom is 0.261 e. The summed E-state index contributed by atoms with van der Waals surface area (Å²) >= 11 is 0. The predicted octanol–water partition coefficient (Wildman–Crippen LogP) is 5.26. The van der Waals surface area contributed by atoms with E-state index in [9.17, 15) is 14.0 Å². The number of aromatic nitrogens is 3. The van der Waals surface area contributed by atoms with E-state index in [0.717, 1.165) is 6.07 Å². The lowest BCUT2D eigenvalue weighted by atomic mass is 9.97. The van der Waals surface area contributed by atoms with Gasteiger partial charge < -0.3 is 24.5 Å². The topological polar surface area (TPSA) is 115 Å². The molecule has 0 aliphatic carbocycles. The number of rotatable bonds is 7. The number of methoxy groups -OCH3 is 2. The van der Waals surface area contributed by atoms with E-state index in [1.807, 2.05) is 13.8 Å². The van der Waals surface area contributed by atoms with Gasteiger partial charge in [0.25, 0.3) is 11.8 Å². The molecule has 0 fully saturated rings.